The van der Waals surface area contributed by atoms with Gasteiger partial charge in [-0.25, -0.2) is 9.97 Å². The molecule has 1 saturated heterocycles. The molecule has 1 fully saturated rings. The molecule has 2 heterocycles. The number of anilines is 1. The molecule has 1 aliphatic rings. The zero-order chi connectivity index (χ0) is 12.1. The van der Waals surface area contributed by atoms with Crippen molar-refractivity contribution in [1.29, 1.82) is 0 Å². The first-order valence-corrected chi connectivity index (χ1v) is 5.90. The lowest BCUT2D eigenvalue weighted by Gasteiger charge is -2.34. The Morgan fingerprint density at radius 3 is 2.47 bits per heavy atom. The van der Waals surface area contributed by atoms with Crippen LogP contribution in [0.15, 0.2) is 30.6 Å². The maximum atomic E-state index is 5.55. The zero-order valence-corrected chi connectivity index (χ0v) is 10.0. The molecule has 17 heavy (non-hydrogen) atoms. The number of rotatable bonds is 4. The summed E-state index contributed by atoms with van der Waals surface area (Å²) >= 11 is 0. The van der Waals surface area contributed by atoms with Gasteiger partial charge >= 0.3 is 0 Å². The zero-order valence-electron chi connectivity index (χ0n) is 10.0. The summed E-state index contributed by atoms with van der Waals surface area (Å²) in [6.45, 7) is 9.36. The summed E-state index contributed by atoms with van der Waals surface area (Å²) in [6.07, 6.45) is 3.57. The van der Waals surface area contributed by atoms with Gasteiger partial charge in [0.1, 0.15) is 0 Å². The first-order valence-electron chi connectivity index (χ1n) is 5.90. The van der Waals surface area contributed by atoms with Crippen molar-refractivity contribution in [1.82, 2.24) is 14.9 Å². The van der Waals surface area contributed by atoms with Gasteiger partial charge in [0.2, 0.25) is 5.95 Å². The largest absolute Gasteiger partial charge is 0.338 e. The van der Waals surface area contributed by atoms with Crippen molar-refractivity contribution < 1.29 is 0 Å². The molecule has 0 unspecified atom stereocenters. The van der Waals surface area contributed by atoms with Gasteiger partial charge in [-0.2, -0.15) is 0 Å². The highest BCUT2D eigenvalue weighted by Crippen LogP contribution is 2.10. The fourth-order valence-electron chi connectivity index (χ4n) is 1.94. The van der Waals surface area contributed by atoms with Crippen LogP contribution in [0.5, 0.6) is 0 Å². The van der Waals surface area contributed by atoms with Gasteiger partial charge < -0.3 is 10.6 Å². The van der Waals surface area contributed by atoms with E-state index in [4.69, 9.17) is 5.73 Å². The van der Waals surface area contributed by atoms with Crippen LogP contribution in [0.25, 0.3) is 0 Å². The second-order valence-corrected chi connectivity index (χ2v) is 4.27. The Hall–Kier alpha value is -1.46. The van der Waals surface area contributed by atoms with Crippen molar-refractivity contribution in [2.24, 2.45) is 5.73 Å². The molecule has 0 aliphatic carbocycles. The van der Waals surface area contributed by atoms with Crippen LogP contribution in [0.1, 0.15) is 0 Å². The summed E-state index contributed by atoms with van der Waals surface area (Å²) < 4.78 is 0. The average molecular weight is 233 g/mol. The summed E-state index contributed by atoms with van der Waals surface area (Å²) in [6, 6.07) is 1.84. The Bertz CT molecular complexity index is 356. The van der Waals surface area contributed by atoms with Gasteiger partial charge in [0, 0.05) is 51.7 Å². The number of nitrogens with zero attached hydrogens (tertiary/aromatic N) is 4. The lowest BCUT2D eigenvalue weighted by molar-refractivity contribution is 0.276. The summed E-state index contributed by atoms with van der Waals surface area (Å²) in [5, 5.41) is 0. The van der Waals surface area contributed by atoms with Crippen LogP contribution < -0.4 is 10.6 Å². The quantitative estimate of drug-likeness (QED) is 0.748. The highest BCUT2D eigenvalue weighted by atomic mass is 15.3. The van der Waals surface area contributed by atoms with Crippen LogP contribution in [-0.2, 0) is 0 Å². The third-order valence-corrected chi connectivity index (χ3v) is 2.94. The predicted molar refractivity (Wildman–Crippen MR) is 68.9 cm³/mol. The molecule has 1 aliphatic heterocycles. The van der Waals surface area contributed by atoms with Gasteiger partial charge in [-0.05, 0) is 11.6 Å². The Morgan fingerprint density at radius 1 is 1.24 bits per heavy atom. The molecule has 5 heteroatoms. The molecule has 92 valence electrons. The second-order valence-electron chi connectivity index (χ2n) is 4.27. The fraction of sp³-hybridized carbons (Fsp3) is 0.500. The number of piperazine rings is 1. The summed E-state index contributed by atoms with van der Waals surface area (Å²) in [4.78, 5) is 13.1. The predicted octanol–water partition coefficient (Wildman–Crippen LogP) is 0.113. The highest BCUT2D eigenvalue weighted by Gasteiger charge is 2.18. The molecule has 5 nitrogen and oxygen atoms in total. The van der Waals surface area contributed by atoms with Crippen LogP contribution in [0.2, 0.25) is 0 Å². The molecule has 1 aromatic heterocycles. The molecule has 0 spiro atoms. The molecule has 0 amide bonds. The lowest BCUT2D eigenvalue weighted by Crippen LogP contribution is -2.47. The molecule has 0 radical (unpaired) electrons. The lowest BCUT2D eigenvalue weighted by atomic mass is 10.2. The molecule has 0 aromatic carbocycles. The van der Waals surface area contributed by atoms with E-state index in [1.54, 1.807) is 12.4 Å². The minimum atomic E-state index is 0.571. The third-order valence-electron chi connectivity index (χ3n) is 2.94. The fourth-order valence-corrected chi connectivity index (χ4v) is 1.94. The molecular formula is C12H19N5. The van der Waals surface area contributed by atoms with E-state index in [0.717, 1.165) is 44.2 Å². The van der Waals surface area contributed by atoms with E-state index in [-0.39, 0.29) is 0 Å². The average Bonchev–Trinajstić information content (AvgIpc) is 2.40. The minimum absolute atomic E-state index is 0.571. The molecule has 1 aromatic rings. The summed E-state index contributed by atoms with van der Waals surface area (Å²) in [5.74, 6) is 0.824. The van der Waals surface area contributed by atoms with Crippen molar-refractivity contribution in [3.8, 4) is 0 Å². The Kier molecular flexibility index (Phi) is 4.06. The van der Waals surface area contributed by atoms with Crippen LogP contribution in [-0.4, -0.2) is 54.1 Å². The number of nitrogens with two attached hydrogens (primary N) is 1. The first-order chi connectivity index (χ1) is 8.29. The van der Waals surface area contributed by atoms with Gasteiger partial charge in [-0.1, -0.05) is 6.58 Å². The van der Waals surface area contributed by atoms with E-state index in [9.17, 15) is 0 Å². The Morgan fingerprint density at radius 2 is 1.88 bits per heavy atom. The van der Waals surface area contributed by atoms with Crippen molar-refractivity contribution >= 4 is 5.95 Å². The first kappa shape index (κ1) is 12.0. The standard InChI is InChI=1S/C12H19N5/c1-11(9-13)10-16-5-7-17(8-6-16)12-14-3-2-4-15-12/h2-4H,1,5-10,13H2. The Balaban J connectivity index is 1.84. The molecule has 0 bridgehead atoms. The van der Waals surface area contributed by atoms with Crippen molar-refractivity contribution in [2.45, 2.75) is 0 Å². The molecule has 0 saturated carbocycles. The summed E-state index contributed by atoms with van der Waals surface area (Å²) in [7, 11) is 0. The number of hydrogen-bond donors (Lipinski definition) is 1. The molecular weight excluding hydrogens is 214 g/mol. The van der Waals surface area contributed by atoms with Crippen molar-refractivity contribution in [3.63, 3.8) is 0 Å². The number of hydrogen-bond acceptors (Lipinski definition) is 5. The van der Waals surface area contributed by atoms with Crippen molar-refractivity contribution in [3.05, 3.63) is 30.6 Å². The molecule has 2 rings (SSSR count). The van der Waals surface area contributed by atoms with Crippen molar-refractivity contribution in [2.75, 3.05) is 44.2 Å². The number of aromatic nitrogens is 2. The van der Waals surface area contributed by atoms with Crippen LogP contribution in [0.4, 0.5) is 5.95 Å². The Labute approximate surface area is 102 Å². The van der Waals surface area contributed by atoms with Crippen LogP contribution >= 0.6 is 0 Å². The summed E-state index contributed by atoms with van der Waals surface area (Å²) in [5.41, 5.74) is 6.64. The normalized spacial score (nSPS) is 17.1. The van der Waals surface area contributed by atoms with Gasteiger partial charge in [0.15, 0.2) is 0 Å². The van der Waals surface area contributed by atoms with E-state index in [2.05, 4.69) is 26.3 Å². The SMILES string of the molecule is C=C(CN)CN1CCN(c2ncccn2)CC1. The maximum Gasteiger partial charge on any atom is 0.225 e. The monoisotopic (exact) mass is 233 g/mol. The van der Waals surface area contributed by atoms with Gasteiger partial charge in [0.05, 0.1) is 0 Å². The van der Waals surface area contributed by atoms with E-state index in [1.165, 1.54) is 0 Å². The molecule has 2 N–H and O–H groups in total. The van der Waals surface area contributed by atoms with E-state index >= 15 is 0 Å². The van der Waals surface area contributed by atoms with E-state index in [0.29, 0.717) is 6.54 Å². The van der Waals surface area contributed by atoms with E-state index in [1.807, 2.05) is 6.07 Å². The topological polar surface area (TPSA) is 58.3 Å². The van der Waals surface area contributed by atoms with E-state index < -0.39 is 0 Å². The second kappa shape index (κ2) is 5.75. The smallest absolute Gasteiger partial charge is 0.225 e. The third kappa shape index (κ3) is 3.25. The van der Waals surface area contributed by atoms with Gasteiger partial charge in [0.25, 0.3) is 0 Å². The van der Waals surface area contributed by atoms with Crippen LogP contribution in [0.3, 0.4) is 0 Å². The minimum Gasteiger partial charge on any atom is -0.338 e. The van der Waals surface area contributed by atoms with Crippen LogP contribution in [0, 0.1) is 0 Å². The maximum absolute atomic E-state index is 5.55. The highest BCUT2D eigenvalue weighted by molar-refractivity contribution is 5.29. The van der Waals surface area contributed by atoms with Gasteiger partial charge in [-0.15, -0.1) is 0 Å². The molecule has 0 atom stereocenters. The van der Waals surface area contributed by atoms with Gasteiger partial charge in [-0.3, -0.25) is 4.90 Å².